The molecule has 1 aromatic heterocycles. The molecule has 2 aromatic rings. The Morgan fingerprint density at radius 1 is 1.09 bits per heavy atom. The number of rotatable bonds is 10. The highest BCUT2D eigenvalue weighted by Gasteiger charge is 2.20. The number of aliphatic imine (C=N–C) groups is 1. The summed E-state index contributed by atoms with van der Waals surface area (Å²) in [5.74, 6) is 3.12. The van der Waals surface area contributed by atoms with Gasteiger partial charge in [-0.25, -0.2) is 0 Å². The van der Waals surface area contributed by atoms with Gasteiger partial charge in [0.05, 0.1) is 26.5 Å². The molecule has 1 fully saturated rings. The molecular weight excluding hydrogens is 525 g/mol. The normalized spacial score (nSPS) is 14.6. The molecule has 3 rings (SSSR count). The molecule has 32 heavy (non-hydrogen) atoms. The fraction of sp³-hybridized carbons (Fsp3) is 0.545. The van der Waals surface area contributed by atoms with E-state index in [1.807, 2.05) is 24.3 Å². The summed E-state index contributed by atoms with van der Waals surface area (Å²) in [5, 5.41) is 7.41. The van der Waals surface area contributed by atoms with E-state index in [0.29, 0.717) is 24.7 Å². The molecule has 1 aliphatic heterocycles. The van der Waals surface area contributed by atoms with Crippen LogP contribution >= 0.6 is 24.0 Å². The minimum Gasteiger partial charge on any atom is -0.496 e. The van der Waals surface area contributed by atoms with E-state index in [9.17, 15) is 0 Å². The van der Waals surface area contributed by atoms with Gasteiger partial charge in [0.1, 0.15) is 23.5 Å². The number of piperazine rings is 1. The zero-order valence-electron chi connectivity index (χ0n) is 19.1. The predicted molar refractivity (Wildman–Crippen MR) is 134 cm³/mol. The first kappa shape index (κ1) is 26.0. The molecule has 1 aromatic carbocycles. The van der Waals surface area contributed by atoms with Crippen LogP contribution in [-0.2, 0) is 6.54 Å². The van der Waals surface area contributed by atoms with Crippen LogP contribution in [0, 0.1) is 0 Å². The Morgan fingerprint density at radius 2 is 1.78 bits per heavy atom. The van der Waals surface area contributed by atoms with Crippen LogP contribution in [0.15, 0.2) is 40.0 Å². The average molecular weight is 559 g/mol. The Bertz CT molecular complexity index is 788. The molecule has 0 spiro atoms. The molecule has 0 saturated carbocycles. The maximum Gasteiger partial charge on any atom is 0.194 e. The number of halogens is 1. The van der Waals surface area contributed by atoms with Crippen molar-refractivity contribution in [2.45, 2.75) is 19.9 Å². The number of guanidine groups is 1. The highest BCUT2D eigenvalue weighted by atomic mass is 127. The van der Waals surface area contributed by atoms with Crippen molar-refractivity contribution in [2.24, 2.45) is 4.99 Å². The van der Waals surface area contributed by atoms with E-state index in [1.165, 1.54) is 0 Å². The van der Waals surface area contributed by atoms with E-state index in [0.717, 1.165) is 63.1 Å². The lowest BCUT2D eigenvalue weighted by Gasteiger charge is -2.36. The molecule has 1 N–H and O–H groups in total. The first-order valence-corrected chi connectivity index (χ1v) is 10.7. The number of methoxy groups -OCH3 is 2. The summed E-state index contributed by atoms with van der Waals surface area (Å²) < 4.78 is 21.3. The molecule has 1 saturated heterocycles. The maximum absolute atomic E-state index is 5.86. The summed E-state index contributed by atoms with van der Waals surface area (Å²) >= 11 is 0. The fourth-order valence-corrected chi connectivity index (χ4v) is 3.40. The third-order valence-corrected chi connectivity index (χ3v) is 5.04. The third kappa shape index (κ3) is 8.05. The summed E-state index contributed by atoms with van der Waals surface area (Å²) in [6.45, 7) is 8.84. The monoisotopic (exact) mass is 559 g/mol. The zero-order valence-corrected chi connectivity index (χ0v) is 21.4. The van der Waals surface area contributed by atoms with Gasteiger partial charge >= 0.3 is 0 Å². The smallest absolute Gasteiger partial charge is 0.194 e. The van der Waals surface area contributed by atoms with Crippen LogP contribution in [0.4, 0.5) is 0 Å². The van der Waals surface area contributed by atoms with Gasteiger partial charge in [-0.1, -0.05) is 5.16 Å². The molecule has 10 heteroatoms. The van der Waals surface area contributed by atoms with E-state index in [-0.39, 0.29) is 24.0 Å². The topological polar surface area (TPSA) is 84.6 Å². The SMILES string of the molecule is CCNC(=NCCCOc1cc(OC)cc(OC)c1)N1CCN(Cc2ccon2)CC1.I. The van der Waals surface area contributed by atoms with Gasteiger partial charge in [-0.2, -0.15) is 0 Å². The summed E-state index contributed by atoms with van der Waals surface area (Å²) in [6, 6.07) is 7.45. The lowest BCUT2D eigenvalue weighted by molar-refractivity contribution is 0.169. The van der Waals surface area contributed by atoms with Gasteiger partial charge in [0.2, 0.25) is 0 Å². The zero-order chi connectivity index (χ0) is 21.9. The Kier molecular flexibility index (Phi) is 11.4. The molecule has 0 radical (unpaired) electrons. The van der Waals surface area contributed by atoms with Gasteiger partial charge in [-0.3, -0.25) is 9.89 Å². The number of aromatic nitrogens is 1. The Balaban J connectivity index is 0.00000363. The molecule has 9 nitrogen and oxygen atoms in total. The number of nitrogens with zero attached hydrogens (tertiary/aromatic N) is 4. The van der Waals surface area contributed by atoms with Gasteiger partial charge < -0.3 is 29.0 Å². The van der Waals surface area contributed by atoms with Gasteiger partial charge in [-0.05, 0) is 6.92 Å². The number of benzene rings is 1. The second-order valence-corrected chi connectivity index (χ2v) is 7.24. The maximum atomic E-state index is 5.86. The first-order chi connectivity index (χ1) is 15.2. The van der Waals surface area contributed by atoms with Crippen LogP contribution in [0.1, 0.15) is 19.0 Å². The van der Waals surface area contributed by atoms with Crippen LogP contribution in [0.25, 0.3) is 0 Å². The molecule has 178 valence electrons. The number of nitrogens with one attached hydrogen (secondary N) is 1. The van der Waals surface area contributed by atoms with Crippen molar-refractivity contribution >= 4 is 29.9 Å². The van der Waals surface area contributed by atoms with Crippen LogP contribution in [-0.4, -0.2) is 81.0 Å². The molecule has 0 aliphatic carbocycles. The molecule has 0 atom stereocenters. The molecule has 0 amide bonds. The Morgan fingerprint density at radius 3 is 2.38 bits per heavy atom. The number of hydrogen-bond acceptors (Lipinski definition) is 7. The summed E-state index contributed by atoms with van der Waals surface area (Å²) in [5.41, 5.74) is 0.975. The van der Waals surface area contributed by atoms with E-state index >= 15 is 0 Å². The molecule has 0 unspecified atom stereocenters. The van der Waals surface area contributed by atoms with Crippen LogP contribution in [0.5, 0.6) is 17.2 Å². The fourth-order valence-electron chi connectivity index (χ4n) is 3.40. The Hall–Kier alpha value is -2.21. The van der Waals surface area contributed by atoms with Crippen molar-refractivity contribution < 1.29 is 18.7 Å². The number of hydrogen-bond donors (Lipinski definition) is 1. The predicted octanol–water partition coefficient (Wildman–Crippen LogP) is 2.86. The van der Waals surface area contributed by atoms with Crippen molar-refractivity contribution in [3.63, 3.8) is 0 Å². The van der Waals surface area contributed by atoms with E-state index in [2.05, 4.69) is 27.2 Å². The average Bonchev–Trinajstić information content (AvgIpc) is 3.31. The van der Waals surface area contributed by atoms with Crippen LogP contribution in [0.2, 0.25) is 0 Å². The molecular formula is C22H34IN5O4. The van der Waals surface area contributed by atoms with Crippen molar-refractivity contribution in [1.82, 2.24) is 20.3 Å². The summed E-state index contributed by atoms with van der Waals surface area (Å²) in [7, 11) is 3.26. The van der Waals surface area contributed by atoms with Crippen LogP contribution < -0.4 is 19.5 Å². The standard InChI is InChI=1S/C22H33N5O4.HI/c1-4-23-22(27-10-8-26(9-11-27)17-18-6-13-31-25-18)24-7-5-12-30-21-15-19(28-2)14-20(16-21)29-3;/h6,13-16H,4-5,7-12,17H2,1-3H3,(H,23,24);1H. The Labute approximate surface area is 207 Å². The van der Waals surface area contributed by atoms with Gasteiger partial charge in [0, 0.05) is 76.5 Å². The quantitative estimate of drug-likeness (QED) is 0.206. The van der Waals surface area contributed by atoms with E-state index < -0.39 is 0 Å². The highest BCUT2D eigenvalue weighted by molar-refractivity contribution is 14.0. The largest absolute Gasteiger partial charge is 0.496 e. The van der Waals surface area contributed by atoms with Crippen LogP contribution in [0.3, 0.4) is 0 Å². The minimum absolute atomic E-state index is 0. The van der Waals surface area contributed by atoms with Gasteiger partial charge in [0.15, 0.2) is 5.96 Å². The molecule has 0 bridgehead atoms. The van der Waals surface area contributed by atoms with Crippen molar-refractivity contribution in [1.29, 1.82) is 0 Å². The van der Waals surface area contributed by atoms with Gasteiger partial charge in [0.25, 0.3) is 0 Å². The summed E-state index contributed by atoms with van der Waals surface area (Å²) in [4.78, 5) is 9.49. The van der Waals surface area contributed by atoms with Gasteiger partial charge in [-0.15, -0.1) is 24.0 Å². The van der Waals surface area contributed by atoms with E-state index in [1.54, 1.807) is 20.5 Å². The lowest BCUT2D eigenvalue weighted by atomic mass is 10.3. The van der Waals surface area contributed by atoms with Crippen molar-refractivity contribution in [3.05, 3.63) is 36.2 Å². The molecule has 1 aliphatic rings. The lowest BCUT2D eigenvalue weighted by Crippen LogP contribution is -2.52. The second kappa shape index (κ2) is 14.0. The van der Waals surface area contributed by atoms with Crippen molar-refractivity contribution in [2.75, 3.05) is 60.1 Å². The first-order valence-electron chi connectivity index (χ1n) is 10.7. The van der Waals surface area contributed by atoms with Crippen molar-refractivity contribution in [3.8, 4) is 17.2 Å². The second-order valence-electron chi connectivity index (χ2n) is 7.24. The molecule has 2 heterocycles. The van der Waals surface area contributed by atoms with E-state index in [4.69, 9.17) is 23.7 Å². The minimum atomic E-state index is 0. The number of ether oxygens (including phenoxy) is 3. The third-order valence-electron chi connectivity index (χ3n) is 5.04. The summed E-state index contributed by atoms with van der Waals surface area (Å²) in [6.07, 6.45) is 2.44. The highest BCUT2D eigenvalue weighted by Crippen LogP contribution is 2.27.